The molecule has 5 heteroatoms. The first-order valence-corrected chi connectivity index (χ1v) is 8.57. The average Bonchev–Trinajstić information content (AvgIpc) is 2.65. The number of hydrazone groups is 1. The maximum atomic E-state index is 11.9. The number of carbonyl (C=O) groups excluding carboxylic acids is 1. The molecule has 0 saturated heterocycles. The number of carbonyl (C=O) groups is 1. The number of hydrogen-bond donors (Lipinski definition) is 1. The van der Waals surface area contributed by atoms with Crippen LogP contribution in [-0.2, 0) is 4.79 Å². The number of nitrogens with zero attached hydrogens (tertiary/aromatic N) is 2. The summed E-state index contributed by atoms with van der Waals surface area (Å²) in [7, 11) is 0. The van der Waals surface area contributed by atoms with Crippen molar-refractivity contribution in [1.82, 2.24) is 10.4 Å². The van der Waals surface area contributed by atoms with E-state index >= 15 is 0 Å². The van der Waals surface area contributed by atoms with Crippen molar-refractivity contribution in [3.8, 4) is 0 Å². The van der Waals surface area contributed by atoms with Crippen LogP contribution in [0.1, 0.15) is 12.5 Å². The molecule has 0 aliphatic heterocycles. The molecule has 0 unspecified atom stereocenters. The van der Waals surface area contributed by atoms with E-state index in [1.54, 1.807) is 6.20 Å². The van der Waals surface area contributed by atoms with E-state index in [1.165, 1.54) is 17.1 Å². The Kier molecular flexibility index (Phi) is 5.23. The predicted octanol–water partition coefficient (Wildman–Crippen LogP) is 3.87. The molecule has 0 spiro atoms. The second-order valence-electron chi connectivity index (χ2n) is 5.25. The number of aromatic nitrogens is 1. The summed E-state index contributed by atoms with van der Waals surface area (Å²) in [6.07, 6.45) is 1.71. The molecule has 1 amide bonds. The SMILES string of the molecule is C/C(=N/NC(=O)CSc1ccccn1)c1ccc2ccccc2c1. The normalized spacial score (nSPS) is 11.5. The van der Waals surface area contributed by atoms with Gasteiger partial charge in [-0.1, -0.05) is 54.2 Å². The summed E-state index contributed by atoms with van der Waals surface area (Å²) in [5, 5.41) is 7.36. The van der Waals surface area contributed by atoms with E-state index in [-0.39, 0.29) is 11.7 Å². The van der Waals surface area contributed by atoms with Gasteiger partial charge in [0, 0.05) is 6.20 Å². The number of rotatable bonds is 5. The summed E-state index contributed by atoms with van der Waals surface area (Å²) in [4.78, 5) is 16.1. The van der Waals surface area contributed by atoms with Gasteiger partial charge in [0.25, 0.3) is 0 Å². The Morgan fingerprint density at radius 3 is 2.67 bits per heavy atom. The minimum Gasteiger partial charge on any atom is -0.272 e. The van der Waals surface area contributed by atoms with Gasteiger partial charge >= 0.3 is 0 Å². The molecule has 120 valence electrons. The summed E-state index contributed by atoms with van der Waals surface area (Å²) < 4.78 is 0. The van der Waals surface area contributed by atoms with E-state index in [9.17, 15) is 4.79 Å². The molecule has 2 aromatic carbocycles. The number of fused-ring (bicyclic) bond motifs is 1. The van der Waals surface area contributed by atoms with Gasteiger partial charge in [-0.2, -0.15) is 5.10 Å². The largest absolute Gasteiger partial charge is 0.272 e. The van der Waals surface area contributed by atoms with Crippen LogP contribution in [0.15, 0.2) is 77.0 Å². The zero-order valence-electron chi connectivity index (χ0n) is 13.3. The molecule has 1 N–H and O–H groups in total. The average molecular weight is 335 g/mol. The molecule has 0 radical (unpaired) electrons. The van der Waals surface area contributed by atoms with Gasteiger partial charge in [0.05, 0.1) is 16.5 Å². The summed E-state index contributed by atoms with van der Waals surface area (Å²) >= 11 is 1.39. The first-order valence-electron chi connectivity index (χ1n) is 7.58. The van der Waals surface area contributed by atoms with E-state index < -0.39 is 0 Å². The Bertz CT molecular complexity index is 878. The Morgan fingerprint density at radius 1 is 1.08 bits per heavy atom. The lowest BCUT2D eigenvalue weighted by molar-refractivity contribution is -0.118. The van der Waals surface area contributed by atoms with Crippen molar-refractivity contribution in [3.05, 3.63) is 72.4 Å². The van der Waals surface area contributed by atoms with Crippen LogP contribution in [0.3, 0.4) is 0 Å². The number of thioether (sulfide) groups is 1. The van der Waals surface area contributed by atoms with E-state index in [4.69, 9.17) is 0 Å². The van der Waals surface area contributed by atoms with Gasteiger partial charge in [0.2, 0.25) is 5.91 Å². The molecular weight excluding hydrogens is 318 g/mol. The fraction of sp³-hybridized carbons (Fsp3) is 0.105. The van der Waals surface area contributed by atoms with Crippen LogP contribution in [0.4, 0.5) is 0 Å². The second-order valence-corrected chi connectivity index (χ2v) is 6.25. The lowest BCUT2D eigenvalue weighted by Crippen LogP contribution is -2.21. The zero-order valence-corrected chi connectivity index (χ0v) is 14.1. The first-order chi connectivity index (χ1) is 11.7. The number of amides is 1. The minimum atomic E-state index is -0.147. The zero-order chi connectivity index (χ0) is 16.8. The summed E-state index contributed by atoms with van der Waals surface area (Å²) in [5.41, 5.74) is 4.37. The van der Waals surface area contributed by atoms with Crippen molar-refractivity contribution in [2.24, 2.45) is 5.10 Å². The topological polar surface area (TPSA) is 54.4 Å². The van der Waals surface area contributed by atoms with E-state index in [0.717, 1.165) is 21.7 Å². The maximum Gasteiger partial charge on any atom is 0.250 e. The van der Waals surface area contributed by atoms with Crippen molar-refractivity contribution in [2.45, 2.75) is 11.9 Å². The first kappa shape index (κ1) is 16.2. The van der Waals surface area contributed by atoms with Gasteiger partial charge in [-0.15, -0.1) is 0 Å². The molecule has 1 aromatic heterocycles. The fourth-order valence-electron chi connectivity index (χ4n) is 2.23. The highest BCUT2D eigenvalue weighted by atomic mass is 32.2. The predicted molar refractivity (Wildman–Crippen MR) is 99.3 cm³/mol. The highest BCUT2D eigenvalue weighted by Crippen LogP contribution is 2.16. The van der Waals surface area contributed by atoms with Gasteiger partial charge in [0.15, 0.2) is 0 Å². The molecule has 0 bridgehead atoms. The van der Waals surface area contributed by atoms with Crippen LogP contribution >= 0.6 is 11.8 Å². The summed E-state index contributed by atoms with van der Waals surface area (Å²) in [6, 6.07) is 19.9. The van der Waals surface area contributed by atoms with Gasteiger partial charge in [0.1, 0.15) is 0 Å². The Hall–Kier alpha value is -2.66. The monoisotopic (exact) mass is 335 g/mol. The van der Waals surface area contributed by atoms with Crippen molar-refractivity contribution in [3.63, 3.8) is 0 Å². The van der Waals surface area contributed by atoms with Crippen LogP contribution < -0.4 is 5.43 Å². The molecule has 0 saturated carbocycles. The number of nitrogens with one attached hydrogen (secondary N) is 1. The third-order valence-electron chi connectivity index (χ3n) is 3.50. The molecule has 3 aromatic rings. The third kappa shape index (κ3) is 4.20. The molecule has 4 nitrogen and oxygen atoms in total. The Labute approximate surface area is 145 Å². The van der Waals surface area contributed by atoms with Crippen LogP contribution in [-0.4, -0.2) is 22.4 Å². The molecular formula is C19H17N3OS. The van der Waals surface area contributed by atoms with E-state index in [1.807, 2.05) is 43.3 Å². The van der Waals surface area contributed by atoms with Crippen molar-refractivity contribution in [1.29, 1.82) is 0 Å². The third-order valence-corrected chi connectivity index (χ3v) is 4.45. The molecule has 0 aliphatic rings. The van der Waals surface area contributed by atoms with Crippen LogP contribution in [0.25, 0.3) is 10.8 Å². The highest BCUT2D eigenvalue weighted by molar-refractivity contribution is 7.99. The lowest BCUT2D eigenvalue weighted by Gasteiger charge is -2.05. The Morgan fingerprint density at radius 2 is 1.88 bits per heavy atom. The molecule has 1 heterocycles. The number of hydrogen-bond acceptors (Lipinski definition) is 4. The van der Waals surface area contributed by atoms with Gasteiger partial charge in [-0.25, -0.2) is 10.4 Å². The van der Waals surface area contributed by atoms with Crippen LogP contribution in [0.5, 0.6) is 0 Å². The Balaban J connectivity index is 1.61. The van der Waals surface area contributed by atoms with Gasteiger partial charge in [-0.05, 0) is 41.5 Å². The van der Waals surface area contributed by atoms with Gasteiger partial charge < -0.3 is 0 Å². The quantitative estimate of drug-likeness (QED) is 0.437. The van der Waals surface area contributed by atoms with E-state index in [0.29, 0.717) is 0 Å². The van der Waals surface area contributed by atoms with Crippen molar-refractivity contribution in [2.75, 3.05) is 5.75 Å². The summed E-state index contributed by atoms with van der Waals surface area (Å²) in [6.45, 7) is 1.89. The van der Waals surface area contributed by atoms with Crippen LogP contribution in [0.2, 0.25) is 0 Å². The van der Waals surface area contributed by atoms with Crippen molar-refractivity contribution >= 4 is 34.2 Å². The minimum absolute atomic E-state index is 0.147. The maximum absolute atomic E-state index is 11.9. The smallest absolute Gasteiger partial charge is 0.250 e. The standard InChI is InChI=1S/C19H17N3OS/c1-14(16-10-9-15-6-2-3-7-17(15)12-16)21-22-18(23)13-24-19-8-4-5-11-20-19/h2-12H,13H2,1H3,(H,22,23)/b21-14-. The number of benzene rings is 2. The second kappa shape index (κ2) is 7.75. The molecule has 0 fully saturated rings. The molecule has 0 atom stereocenters. The highest BCUT2D eigenvalue weighted by Gasteiger charge is 2.04. The van der Waals surface area contributed by atoms with E-state index in [2.05, 4.69) is 39.8 Å². The lowest BCUT2D eigenvalue weighted by atomic mass is 10.0. The van der Waals surface area contributed by atoms with Gasteiger partial charge in [-0.3, -0.25) is 4.79 Å². The summed E-state index contributed by atoms with van der Waals surface area (Å²) in [5.74, 6) is 0.136. The molecule has 0 aliphatic carbocycles. The number of pyridine rings is 1. The van der Waals surface area contributed by atoms with Crippen LogP contribution in [0, 0.1) is 0 Å². The fourth-order valence-corrected chi connectivity index (χ4v) is 2.88. The molecule has 24 heavy (non-hydrogen) atoms. The molecule has 3 rings (SSSR count). The van der Waals surface area contributed by atoms with Crippen molar-refractivity contribution < 1.29 is 4.79 Å².